The highest BCUT2D eigenvalue weighted by atomic mass is 16.2. The molecule has 1 heterocycles. The number of hydrogen-bond acceptors (Lipinski definition) is 2. The van der Waals surface area contributed by atoms with Gasteiger partial charge in [-0.05, 0) is 17.9 Å². The molecule has 0 aromatic heterocycles. The van der Waals surface area contributed by atoms with Crippen molar-refractivity contribution in [3.63, 3.8) is 0 Å². The van der Waals surface area contributed by atoms with Gasteiger partial charge in [0.15, 0.2) is 0 Å². The second-order valence-electron chi connectivity index (χ2n) is 7.91. The van der Waals surface area contributed by atoms with Crippen LogP contribution in [-0.2, 0) is 4.79 Å². The molecule has 18 heavy (non-hydrogen) atoms. The van der Waals surface area contributed by atoms with E-state index >= 15 is 0 Å². The molecule has 2 atom stereocenters. The topological polar surface area (TPSA) is 23.6 Å². The molecule has 106 valence electrons. The van der Waals surface area contributed by atoms with E-state index in [4.69, 9.17) is 0 Å². The van der Waals surface area contributed by atoms with Gasteiger partial charge in [0.2, 0.25) is 5.91 Å². The SMILES string of the molecule is CC(=O)N1C(C(C)(C)C)CN(C)CC1C(C)(C)C. The molecule has 0 aromatic rings. The first-order valence-electron chi connectivity index (χ1n) is 6.92. The van der Waals surface area contributed by atoms with Gasteiger partial charge in [0.25, 0.3) is 0 Å². The van der Waals surface area contributed by atoms with Crippen molar-refractivity contribution in [3.8, 4) is 0 Å². The van der Waals surface area contributed by atoms with Gasteiger partial charge >= 0.3 is 0 Å². The van der Waals surface area contributed by atoms with Crippen LogP contribution in [0.2, 0.25) is 0 Å². The summed E-state index contributed by atoms with van der Waals surface area (Å²) in [5.41, 5.74) is 0.230. The molecule has 1 saturated heterocycles. The van der Waals surface area contributed by atoms with E-state index in [1.54, 1.807) is 6.92 Å². The quantitative estimate of drug-likeness (QED) is 0.663. The van der Waals surface area contributed by atoms with E-state index in [9.17, 15) is 4.79 Å². The van der Waals surface area contributed by atoms with E-state index in [2.05, 4.69) is 58.4 Å². The molecule has 3 nitrogen and oxygen atoms in total. The number of hydrogen-bond donors (Lipinski definition) is 0. The monoisotopic (exact) mass is 254 g/mol. The van der Waals surface area contributed by atoms with Gasteiger partial charge in [0.05, 0.1) is 0 Å². The first-order chi connectivity index (χ1) is 7.94. The Balaban J connectivity index is 3.14. The Morgan fingerprint density at radius 2 is 1.28 bits per heavy atom. The summed E-state index contributed by atoms with van der Waals surface area (Å²) in [4.78, 5) is 16.6. The van der Waals surface area contributed by atoms with Crippen molar-refractivity contribution in [1.82, 2.24) is 9.80 Å². The average molecular weight is 254 g/mol. The molecule has 3 heteroatoms. The summed E-state index contributed by atoms with van der Waals surface area (Å²) in [7, 11) is 2.16. The van der Waals surface area contributed by atoms with Gasteiger partial charge in [-0.2, -0.15) is 0 Å². The van der Waals surface area contributed by atoms with Gasteiger partial charge in [0.1, 0.15) is 0 Å². The van der Waals surface area contributed by atoms with Crippen molar-refractivity contribution < 1.29 is 4.79 Å². The highest BCUT2D eigenvalue weighted by Crippen LogP contribution is 2.36. The van der Waals surface area contributed by atoms with Crippen molar-refractivity contribution in [1.29, 1.82) is 0 Å². The van der Waals surface area contributed by atoms with Crippen LogP contribution in [-0.4, -0.2) is 47.9 Å². The summed E-state index contributed by atoms with van der Waals surface area (Å²) >= 11 is 0. The van der Waals surface area contributed by atoms with E-state index in [1.165, 1.54) is 0 Å². The Labute approximate surface area is 113 Å². The van der Waals surface area contributed by atoms with Crippen molar-refractivity contribution in [2.24, 2.45) is 10.8 Å². The first kappa shape index (κ1) is 15.5. The highest BCUT2D eigenvalue weighted by molar-refractivity contribution is 5.74. The first-order valence-corrected chi connectivity index (χ1v) is 6.92. The van der Waals surface area contributed by atoms with Gasteiger partial charge in [0, 0.05) is 32.1 Å². The molecular weight excluding hydrogens is 224 g/mol. The minimum absolute atomic E-state index is 0.115. The highest BCUT2D eigenvalue weighted by Gasteiger charge is 2.44. The fourth-order valence-electron chi connectivity index (χ4n) is 2.88. The lowest BCUT2D eigenvalue weighted by Crippen LogP contribution is -2.66. The summed E-state index contributed by atoms with van der Waals surface area (Å²) in [6, 6.07) is 0.580. The molecule has 0 aromatic carbocycles. The van der Waals surface area contributed by atoms with E-state index in [-0.39, 0.29) is 28.8 Å². The standard InChI is InChI=1S/C15H30N2O/c1-11(18)17-12(14(2,3)4)9-16(8)10-13(17)15(5,6)7/h12-13H,9-10H2,1-8H3. The maximum atomic E-state index is 12.1. The number of carbonyl (C=O) groups is 1. The lowest BCUT2D eigenvalue weighted by Gasteiger charge is -2.54. The third-order valence-electron chi connectivity index (χ3n) is 4.00. The third kappa shape index (κ3) is 3.25. The minimum Gasteiger partial charge on any atom is -0.333 e. The van der Waals surface area contributed by atoms with Crippen molar-refractivity contribution in [2.75, 3.05) is 20.1 Å². The van der Waals surface area contributed by atoms with Gasteiger partial charge in [-0.3, -0.25) is 4.79 Å². The van der Waals surface area contributed by atoms with Crippen LogP contribution in [0.25, 0.3) is 0 Å². The van der Waals surface area contributed by atoms with Gasteiger partial charge in [-0.15, -0.1) is 0 Å². The van der Waals surface area contributed by atoms with Crippen molar-refractivity contribution in [3.05, 3.63) is 0 Å². The largest absolute Gasteiger partial charge is 0.333 e. The van der Waals surface area contributed by atoms with Crippen LogP contribution < -0.4 is 0 Å². The van der Waals surface area contributed by atoms with E-state index in [1.807, 2.05) is 0 Å². The number of amides is 1. The van der Waals surface area contributed by atoms with Crippen LogP contribution in [0.3, 0.4) is 0 Å². The van der Waals surface area contributed by atoms with Gasteiger partial charge in [-0.1, -0.05) is 41.5 Å². The zero-order valence-electron chi connectivity index (χ0n) is 13.4. The molecule has 1 amide bonds. The van der Waals surface area contributed by atoms with Crippen molar-refractivity contribution in [2.45, 2.75) is 60.5 Å². The molecule has 0 radical (unpaired) electrons. The maximum absolute atomic E-state index is 12.1. The summed E-state index contributed by atoms with van der Waals surface area (Å²) in [6.07, 6.45) is 0. The third-order valence-corrected chi connectivity index (χ3v) is 4.00. The second-order valence-corrected chi connectivity index (χ2v) is 7.91. The molecule has 2 unspecified atom stereocenters. The summed E-state index contributed by atoms with van der Waals surface area (Å²) in [5.74, 6) is 0.211. The van der Waals surface area contributed by atoms with Gasteiger partial charge in [-0.25, -0.2) is 0 Å². The lowest BCUT2D eigenvalue weighted by molar-refractivity contribution is -0.146. The Bertz CT molecular complexity index is 287. The second kappa shape index (κ2) is 4.84. The van der Waals surface area contributed by atoms with E-state index in [0.717, 1.165) is 13.1 Å². The van der Waals surface area contributed by atoms with E-state index < -0.39 is 0 Å². The molecule has 0 saturated carbocycles. The Morgan fingerprint density at radius 1 is 0.944 bits per heavy atom. The smallest absolute Gasteiger partial charge is 0.220 e. The minimum atomic E-state index is 0.115. The molecule has 0 N–H and O–H groups in total. The maximum Gasteiger partial charge on any atom is 0.220 e. The average Bonchev–Trinajstić information content (AvgIpc) is 2.12. The zero-order valence-corrected chi connectivity index (χ0v) is 13.4. The lowest BCUT2D eigenvalue weighted by atomic mass is 9.77. The summed E-state index contributed by atoms with van der Waals surface area (Å²) < 4.78 is 0. The Kier molecular flexibility index (Phi) is 4.16. The molecule has 0 bridgehead atoms. The molecule has 1 fully saturated rings. The Morgan fingerprint density at radius 3 is 1.50 bits per heavy atom. The fourth-order valence-corrected chi connectivity index (χ4v) is 2.88. The molecule has 0 spiro atoms. The van der Waals surface area contributed by atoms with Crippen LogP contribution in [0.15, 0.2) is 0 Å². The van der Waals surface area contributed by atoms with Crippen LogP contribution in [0, 0.1) is 10.8 Å². The molecule has 1 aliphatic rings. The molecule has 1 aliphatic heterocycles. The van der Waals surface area contributed by atoms with Gasteiger partial charge < -0.3 is 9.80 Å². The number of rotatable bonds is 0. The fraction of sp³-hybridized carbons (Fsp3) is 0.933. The summed E-state index contributed by atoms with van der Waals surface area (Å²) in [6.45, 7) is 17.0. The number of likely N-dealkylation sites (N-methyl/N-ethyl adjacent to an activating group) is 1. The normalized spacial score (nSPS) is 27.4. The van der Waals surface area contributed by atoms with Crippen LogP contribution in [0.1, 0.15) is 48.5 Å². The number of carbonyl (C=O) groups excluding carboxylic acids is 1. The van der Waals surface area contributed by atoms with Crippen LogP contribution >= 0.6 is 0 Å². The predicted octanol–water partition coefficient (Wildman–Crippen LogP) is 2.61. The zero-order chi connectivity index (χ0) is 14.3. The molecular formula is C15H30N2O. The van der Waals surface area contributed by atoms with Crippen LogP contribution in [0.4, 0.5) is 0 Å². The molecule has 1 rings (SSSR count). The predicted molar refractivity (Wildman–Crippen MR) is 76.5 cm³/mol. The number of piperazine rings is 1. The Hall–Kier alpha value is -0.570. The summed E-state index contributed by atoms with van der Waals surface area (Å²) in [5, 5.41) is 0. The number of nitrogens with zero attached hydrogens (tertiary/aromatic N) is 2. The molecule has 0 aliphatic carbocycles. The van der Waals surface area contributed by atoms with Crippen LogP contribution in [0.5, 0.6) is 0 Å². The van der Waals surface area contributed by atoms with Crippen molar-refractivity contribution >= 4 is 5.91 Å². The van der Waals surface area contributed by atoms with E-state index in [0.29, 0.717) is 0 Å².